The molecular formula is C25H30N2O5S. The van der Waals surface area contributed by atoms with E-state index in [9.17, 15) is 9.59 Å². The van der Waals surface area contributed by atoms with Gasteiger partial charge in [-0.15, -0.1) is 11.3 Å². The highest BCUT2D eigenvalue weighted by molar-refractivity contribution is 7.12. The summed E-state index contributed by atoms with van der Waals surface area (Å²) >= 11 is 1.46. The van der Waals surface area contributed by atoms with Gasteiger partial charge in [0.05, 0.1) is 31.8 Å². The number of nitrogens with zero attached hydrogens (tertiary/aromatic N) is 2. The number of ether oxygens (including phenoxy) is 3. The van der Waals surface area contributed by atoms with Crippen molar-refractivity contribution in [1.29, 1.82) is 0 Å². The van der Waals surface area contributed by atoms with Crippen molar-refractivity contribution in [2.24, 2.45) is 5.92 Å². The highest BCUT2D eigenvalue weighted by atomic mass is 32.1. The van der Waals surface area contributed by atoms with E-state index >= 15 is 0 Å². The third-order valence-electron chi connectivity index (χ3n) is 6.42. The van der Waals surface area contributed by atoms with Crippen LogP contribution < -0.4 is 14.2 Å². The smallest absolute Gasteiger partial charge is 0.263 e. The van der Waals surface area contributed by atoms with Gasteiger partial charge < -0.3 is 24.0 Å². The summed E-state index contributed by atoms with van der Waals surface area (Å²) in [6, 6.07) is 7.45. The van der Waals surface area contributed by atoms with Gasteiger partial charge in [0.15, 0.2) is 0 Å². The van der Waals surface area contributed by atoms with Crippen LogP contribution in [0.3, 0.4) is 0 Å². The van der Waals surface area contributed by atoms with Gasteiger partial charge in [0, 0.05) is 44.2 Å². The molecule has 4 rings (SSSR count). The summed E-state index contributed by atoms with van der Waals surface area (Å²) in [5.41, 5.74) is 2.01. The van der Waals surface area contributed by atoms with Crippen LogP contribution in [0, 0.1) is 5.92 Å². The van der Waals surface area contributed by atoms with Gasteiger partial charge in [-0.3, -0.25) is 9.59 Å². The van der Waals surface area contributed by atoms with E-state index in [2.05, 4.69) is 6.08 Å². The van der Waals surface area contributed by atoms with Crippen LogP contribution in [0.4, 0.5) is 0 Å². The standard InChI is InChI=1S/C25H30N2O5S/c1-30-19-15-20(31-2)23(21(16-19)32-3)17-6-10-26(11-7-17)24(28)18-8-12-27(13-9-18)25(29)22-5-4-14-33-22/h4-6,14-16,18H,7-13H2,1-3H3. The fourth-order valence-electron chi connectivity index (χ4n) is 4.56. The number of piperidine rings is 1. The molecular weight excluding hydrogens is 440 g/mol. The molecule has 1 fully saturated rings. The molecule has 2 aromatic rings. The van der Waals surface area contributed by atoms with Crippen molar-refractivity contribution in [1.82, 2.24) is 9.80 Å². The average Bonchev–Trinajstić information content (AvgIpc) is 3.42. The van der Waals surface area contributed by atoms with Gasteiger partial charge in [-0.1, -0.05) is 12.1 Å². The van der Waals surface area contributed by atoms with Crippen LogP contribution >= 0.6 is 11.3 Å². The predicted molar refractivity (Wildman–Crippen MR) is 128 cm³/mol. The summed E-state index contributed by atoms with van der Waals surface area (Å²) in [7, 11) is 4.87. The van der Waals surface area contributed by atoms with Crippen molar-refractivity contribution in [3.8, 4) is 17.2 Å². The van der Waals surface area contributed by atoms with Gasteiger partial charge in [0.25, 0.3) is 5.91 Å². The summed E-state index contributed by atoms with van der Waals surface area (Å²) in [6.45, 7) is 2.46. The van der Waals surface area contributed by atoms with Crippen LogP contribution in [-0.4, -0.2) is 69.1 Å². The minimum absolute atomic E-state index is 0.0302. The van der Waals surface area contributed by atoms with Crippen LogP contribution in [0.1, 0.15) is 34.5 Å². The van der Waals surface area contributed by atoms with Crippen LogP contribution in [0.2, 0.25) is 0 Å². The minimum Gasteiger partial charge on any atom is -0.496 e. The van der Waals surface area contributed by atoms with Gasteiger partial charge >= 0.3 is 0 Å². The molecule has 2 aliphatic heterocycles. The lowest BCUT2D eigenvalue weighted by atomic mass is 9.93. The third kappa shape index (κ3) is 4.85. The lowest BCUT2D eigenvalue weighted by molar-refractivity contribution is -0.136. The summed E-state index contributed by atoms with van der Waals surface area (Å²) < 4.78 is 16.5. The monoisotopic (exact) mass is 470 g/mol. The zero-order valence-electron chi connectivity index (χ0n) is 19.3. The summed E-state index contributed by atoms with van der Waals surface area (Å²) in [5, 5.41) is 1.92. The summed E-state index contributed by atoms with van der Waals surface area (Å²) in [5.74, 6) is 2.29. The second kappa shape index (κ2) is 10.3. The number of hydrogen-bond donors (Lipinski definition) is 0. The molecule has 0 aliphatic carbocycles. The molecule has 176 valence electrons. The van der Waals surface area contributed by atoms with E-state index < -0.39 is 0 Å². The normalized spacial score (nSPS) is 16.9. The van der Waals surface area contributed by atoms with Gasteiger partial charge in [0.1, 0.15) is 17.2 Å². The molecule has 1 aromatic carbocycles. The Morgan fingerprint density at radius 3 is 2.18 bits per heavy atom. The Hall–Kier alpha value is -3.00. The molecule has 3 heterocycles. The van der Waals surface area contributed by atoms with Crippen molar-refractivity contribution in [3.63, 3.8) is 0 Å². The molecule has 33 heavy (non-hydrogen) atoms. The second-order valence-electron chi connectivity index (χ2n) is 8.21. The van der Waals surface area contributed by atoms with Gasteiger partial charge in [-0.2, -0.15) is 0 Å². The average molecular weight is 471 g/mol. The lowest BCUT2D eigenvalue weighted by Crippen LogP contribution is -2.45. The predicted octanol–water partition coefficient (Wildman–Crippen LogP) is 3.94. The highest BCUT2D eigenvalue weighted by Gasteiger charge is 2.32. The lowest BCUT2D eigenvalue weighted by Gasteiger charge is -2.35. The van der Waals surface area contributed by atoms with Crippen molar-refractivity contribution in [2.45, 2.75) is 19.3 Å². The van der Waals surface area contributed by atoms with Crippen molar-refractivity contribution < 1.29 is 23.8 Å². The Labute approximate surface area is 198 Å². The van der Waals surface area contributed by atoms with Crippen molar-refractivity contribution in [2.75, 3.05) is 47.5 Å². The molecule has 0 saturated carbocycles. The van der Waals surface area contributed by atoms with Crippen molar-refractivity contribution in [3.05, 3.63) is 46.2 Å². The molecule has 7 nitrogen and oxygen atoms in total. The fourth-order valence-corrected chi connectivity index (χ4v) is 5.25. The Bertz CT molecular complexity index is 1000. The maximum Gasteiger partial charge on any atom is 0.263 e. The molecule has 0 bridgehead atoms. The molecule has 1 aromatic heterocycles. The molecule has 0 unspecified atom stereocenters. The number of thiophene rings is 1. The van der Waals surface area contributed by atoms with E-state index in [1.54, 1.807) is 21.3 Å². The van der Waals surface area contributed by atoms with Crippen LogP contribution in [0.25, 0.3) is 5.57 Å². The molecule has 0 N–H and O–H groups in total. The summed E-state index contributed by atoms with van der Waals surface area (Å²) in [4.78, 5) is 30.3. The van der Waals surface area contributed by atoms with Gasteiger partial charge in [-0.05, 0) is 36.3 Å². The molecule has 2 amide bonds. The Morgan fingerprint density at radius 2 is 1.67 bits per heavy atom. The quantitative estimate of drug-likeness (QED) is 0.640. The van der Waals surface area contributed by atoms with E-state index in [0.717, 1.165) is 22.4 Å². The van der Waals surface area contributed by atoms with Crippen LogP contribution in [0.15, 0.2) is 35.7 Å². The summed E-state index contributed by atoms with van der Waals surface area (Å²) in [6.07, 6.45) is 4.23. The van der Waals surface area contributed by atoms with Crippen LogP contribution in [-0.2, 0) is 4.79 Å². The minimum atomic E-state index is -0.0302. The Morgan fingerprint density at radius 1 is 0.970 bits per heavy atom. The van der Waals surface area contributed by atoms with E-state index in [-0.39, 0.29) is 17.7 Å². The van der Waals surface area contributed by atoms with Gasteiger partial charge in [0.2, 0.25) is 5.91 Å². The number of amides is 2. The maximum atomic E-state index is 13.2. The molecule has 1 saturated heterocycles. The van der Waals surface area contributed by atoms with Crippen LogP contribution in [0.5, 0.6) is 17.2 Å². The first kappa shape index (κ1) is 23.2. The van der Waals surface area contributed by atoms with Gasteiger partial charge in [-0.25, -0.2) is 0 Å². The number of methoxy groups -OCH3 is 3. The SMILES string of the molecule is COc1cc(OC)c(C2=CCN(C(=O)C3CCN(C(=O)c4cccs4)CC3)CC2)c(OC)c1. The molecule has 2 aliphatic rings. The third-order valence-corrected chi connectivity index (χ3v) is 7.28. The number of rotatable bonds is 6. The molecule has 0 radical (unpaired) electrons. The fraction of sp³-hybridized carbons (Fsp3) is 0.440. The zero-order chi connectivity index (χ0) is 23.4. The number of carbonyl (C=O) groups excluding carboxylic acids is 2. The Kier molecular flexibility index (Phi) is 7.23. The molecule has 0 spiro atoms. The first-order chi connectivity index (χ1) is 16.0. The van der Waals surface area contributed by atoms with E-state index in [1.807, 2.05) is 39.4 Å². The largest absolute Gasteiger partial charge is 0.496 e. The number of hydrogen-bond acceptors (Lipinski definition) is 6. The maximum absolute atomic E-state index is 13.2. The van der Waals surface area contributed by atoms with Crippen molar-refractivity contribution >= 4 is 28.7 Å². The number of benzene rings is 1. The number of likely N-dealkylation sites (tertiary alicyclic amines) is 1. The first-order valence-electron chi connectivity index (χ1n) is 11.2. The molecule has 0 atom stereocenters. The first-order valence-corrected chi connectivity index (χ1v) is 12.0. The molecule has 8 heteroatoms. The highest BCUT2D eigenvalue weighted by Crippen LogP contribution is 2.41. The Balaban J connectivity index is 1.39. The zero-order valence-corrected chi connectivity index (χ0v) is 20.2. The van der Waals surface area contributed by atoms with E-state index in [4.69, 9.17) is 14.2 Å². The number of carbonyl (C=O) groups is 2. The van der Waals surface area contributed by atoms with E-state index in [0.29, 0.717) is 56.3 Å². The second-order valence-corrected chi connectivity index (χ2v) is 9.16. The topological polar surface area (TPSA) is 68.3 Å². The van der Waals surface area contributed by atoms with E-state index in [1.165, 1.54) is 11.3 Å².